The zero-order valence-electron chi connectivity index (χ0n) is 18.8. The van der Waals surface area contributed by atoms with Crippen LogP contribution in [0.2, 0.25) is 0 Å². The molecule has 2 aliphatic carbocycles. The highest BCUT2D eigenvalue weighted by atomic mass is 19.4. The molecule has 0 spiro atoms. The highest BCUT2D eigenvalue weighted by Crippen LogP contribution is 2.58. The molecule has 2 amide bonds. The predicted molar refractivity (Wildman–Crippen MR) is 117 cm³/mol. The van der Waals surface area contributed by atoms with Crippen molar-refractivity contribution in [3.63, 3.8) is 0 Å². The van der Waals surface area contributed by atoms with E-state index in [4.69, 9.17) is 4.74 Å². The smallest absolute Gasteiger partial charge is 0.420 e. The van der Waals surface area contributed by atoms with Gasteiger partial charge in [-0.15, -0.1) is 0 Å². The van der Waals surface area contributed by atoms with E-state index in [9.17, 15) is 32.7 Å². The molecule has 3 aliphatic rings. The lowest BCUT2D eigenvalue weighted by molar-refractivity contribution is -0.200. The van der Waals surface area contributed by atoms with Crippen LogP contribution in [0, 0.1) is 11.3 Å². The molecule has 5 rings (SSSR count). The molecule has 35 heavy (non-hydrogen) atoms. The Bertz CT molecular complexity index is 1190. The fraction of sp³-hybridized carbons (Fsp3) is 0.400. The van der Waals surface area contributed by atoms with Crippen LogP contribution in [0.15, 0.2) is 48.5 Å². The number of carboxylic acids is 1. The topological polar surface area (TPSA) is 95.9 Å². The molecule has 10 heteroatoms. The summed E-state index contributed by atoms with van der Waals surface area (Å²) in [6.07, 6.45) is -6.18. The fourth-order valence-electron chi connectivity index (χ4n) is 5.37. The van der Waals surface area contributed by atoms with Gasteiger partial charge in [-0.3, -0.25) is 14.9 Å². The lowest BCUT2D eigenvalue weighted by atomic mass is 9.98. The Kier molecular flexibility index (Phi) is 5.12. The highest BCUT2D eigenvalue weighted by Gasteiger charge is 2.69. The molecule has 7 nitrogen and oxygen atoms in total. The number of rotatable bonds is 5. The van der Waals surface area contributed by atoms with Gasteiger partial charge in [0.25, 0.3) is 5.91 Å². The summed E-state index contributed by atoms with van der Waals surface area (Å²) in [5.74, 6) is -3.26. The summed E-state index contributed by atoms with van der Waals surface area (Å²) in [6, 6.07) is 15.0. The number of nitrogens with zero attached hydrogens (tertiary/aromatic N) is 1. The summed E-state index contributed by atoms with van der Waals surface area (Å²) in [7, 11) is 0. The molecular formula is C25H23F3N2O5. The number of likely N-dealkylation sites (tertiary alicyclic amines) is 1. The SMILES string of the molecule is CC(NC(=O)OCC1c2ccccc2-c2ccccc21)(C(=O)N1CC2CC2(C(=O)O)C1)C(F)(F)F. The van der Waals surface area contributed by atoms with Crippen molar-refractivity contribution in [2.24, 2.45) is 11.3 Å². The summed E-state index contributed by atoms with van der Waals surface area (Å²) in [5, 5.41) is 11.1. The van der Waals surface area contributed by atoms with Crippen molar-refractivity contribution in [1.29, 1.82) is 0 Å². The van der Waals surface area contributed by atoms with Crippen LogP contribution in [0.25, 0.3) is 11.1 Å². The Balaban J connectivity index is 1.31. The maximum Gasteiger partial charge on any atom is 0.420 e. The predicted octanol–water partition coefficient (Wildman–Crippen LogP) is 3.78. The molecule has 2 N–H and O–H groups in total. The number of nitrogens with one attached hydrogen (secondary N) is 1. The van der Waals surface area contributed by atoms with Crippen LogP contribution in [0.3, 0.4) is 0 Å². The van der Waals surface area contributed by atoms with Crippen molar-refractivity contribution in [2.75, 3.05) is 19.7 Å². The van der Waals surface area contributed by atoms with Gasteiger partial charge in [-0.25, -0.2) is 4.79 Å². The second-order valence-corrected chi connectivity index (χ2v) is 9.62. The number of hydrogen-bond donors (Lipinski definition) is 2. The maximum atomic E-state index is 14.0. The largest absolute Gasteiger partial charge is 0.481 e. The number of alkyl carbamates (subject to hydrolysis) is 1. The van der Waals surface area contributed by atoms with Crippen LogP contribution in [-0.2, 0) is 14.3 Å². The Morgan fingerprint density at radius 3 is 2.17 bits per heavy atom. The van der Waals surface area contributed by atoms with Crippen molar-refractivity contribution in [3.8, 4) is 11.1 Å². The number of halogens is 3. The summed E-state index contributed by atoms with van der Waals surface area (Å²) in [4.78, 5) is 37.8. The van der Waals surface area contributed by atoms with Crippen molar-refractivity contribution >= 4 is 18.0 Å². The number of ether oxygens (including phenoxy) is 1. The van der Waals surface area contributed by atoms with Gasteiger partial charge in [0.2, 0.25) is 5.54 Å². The van der Waals surface area contributed by atoms with E-state index in [0.717, 1.165) is 27.2 Å². The molecule has 1 aliphatic heterocycles. The van der Waals surface area contributed by atoms with Gasteiger partial charge in [0.15, 0.2) is 0 Å². The summed E-state index contributed by atoms with van der Waals surface area (Å²) >= 11 is 0. The second kappa shape index (κ2) is 7.73. The molecule has 2 aromatic carbocycles. The van der Waals surface area contributed by atoms with Crippen LogP contribution in [0.1, 0.15) is 30.4 Å². The maximum absolute atomic E-state index is 14.0. The first kappa shape index (κ1) is 23.2. The number of hydrogen-bond acceptors (Lipinski definition) is 4. The Hall–Kier alpha value is -3.56. The van der Waals surface area contributed by atoms with Crippen molar-refractivity contribution in [3.05, 3.63) is 59.7 Å². The van der Waals surface area contributed by atoms with Crippen molar-refractivity contribution in [2.45, 2.75) is 31.0 Å². The number of alkyl halides is 3. The number of amides is 2. The summed E-state index contributed by atoms with van der Waals surface area (Å²) in [5.41, 5.74) is -0.726. The van der Waals surface area contributed by atoms with E-state index in [1.807, 2.05) is 48.5 Å². The Morgan fingerprint density at radius 1 is 1.09 bits per heavy atom. The monoisotopic (exact) mass is 488 g/mol. The molecule has 0 bridgehead atoms. The van der Waals surface area contributed by atoms with Crippen LogP contribution >= 0.6 is 0 Å². The molecule has 0 radical (unpaired) electrons. The number of aliphatic carboxylic acids is 1. The minimum Gasteiger partial charge on any atom is -0.481 e. The molecule has 0 aromatic heterocycles. The van der Waals surface area contributed by atoms with Gasteiger partial charge >= 0.3 is 18.2 Å². The van der Waals surface area contributed by atoms with Gasteiger partial charge in [0.05, 0.1) is 5.41 Å². The second-order valence-electron chi connectivity index (χ2n) is 9.62. The van der Waals surface area contributed by atoms with Crippen LogP contribution in [-0.4, -0.2) is 59.4 Å². The van der Waals surface area contributed by atoms with E-state index in [-0.39, 0.29) is 31.5 Å². The zero-order chi connectivity index (χ0) is 25.2. The molecule has 1 heterocycles. The number of carboxylic acid groups (broad SMARTS) is 1. The minimum absolute atomic E-state index is 0.0941. The van der Waals surface area contributed by atoms with Gasteiger partial charge in [0, 0.05) is 19.0 Å². The van der Waals surface area contributed by atoms with Crippen molar-refractivity contribution in [1.82, 2.24) is 10.2 Å². The normalized spacial score (nSPS) is 24.1. The molecular weight excluding hydrogens is 465 g/mol. The number of piperidine rings is 1. The minimum atomic E-state index is -5.13. The number of benzene rings is 2. The average molecular weight is 488 g/mol. The average Bonchev–Trinajstić information content (AvgIpc) is 3.24. The standard InChI is InChI=1S/C25H23F3N2O5/c1-23(25(26,27)28,20(31)30-11-14-10-24(14,13-30)21(32)33)29-22(34)35-12-19-17-8-4-2-6-15(17)16-7-3-5-9-18(16)19/h2-9,14,19H,10-13H2,1H3,(H,29,34)(H,32,33). The lowest BCUT2D eigenvalue weighted by Gasteiger charge is -2.35. The van der Waals surface area contributed by atoms with E-state index in [0.29, 0.717) is 13.3 Å². The number of carbonyl (C=O) groups is 3. The lowest BCUT2D eigenvalue weighted by Crippen LogP contribution is -2.66. The van der Waals surface area contributed by atoms with E-state index < -0.39 is 35.1 Å². The van der Waals surface area contributed by atoms with E-state index in [2.05, 4.69) is 0 Å². The Morgan fingerprint density at radius 2 is 1.66 bits per heavy atom. The number of carbonyl (C=O) groups excluding carboxylic acids is 2. The summed E-state index contributed by atoms with van der Waals surface area (Å²) in [6.45, 7) is -0.0446. The van der Waals surface area contributed by atoms with E-state index in [1.165, 1.54) is 0 Å². The van der Waals surface area contributed by atoms with Crippen molar-refractivity contribution < 1.29 is 37.4 Å². The third-order valence-corrected chi connectivity index (χ3v) is 7.55. The first-order chi connectivity index (χ1) is 16.5. The quantitative estimate of drug-likeness (QED) is 0.668. The molecule has 3 atom stereocenters. The molecule has 1 saturated heterocycles. The van der Waals surface area contributed by atoms with Gasteiger partial charge in [0.1, 0.15) is 6.61 Å². The first-order valence-corrected chi connectivity index (χ1v) is 11.2. The van der Waals surface area contributed by atoms with Crippen LogP contribution in [0.5, 0.6) is 0 Å². The molecule has 3 unspecified atom stereocenters. The van der Waals surface area contributed by atoms with Gasteiger partial charge in [-0.05, 0) is 41.5 Å². The van der Waals surface area contributed by atoms with E-state index >= 15 is 0 Å². The molecule has 184 valence electrons. The Labute approximate surface area is 198 Å². The zero-order valence-corrected chi connectivity index (χ0v) is 18.8. The fourth-order valence-corrected chi connectivity index (χ4v) is 5.37. The van der Waals surface area contributed by atoms with Gasteiger partial charge < -0.3 is 14.7 Å². The van der Waals surface area contributed by atoms with Crippen LogP contribution in [0.4, 0.5) is 18.0 Å². The molecule has 2 aromatic rings. The first-order valence-electron chi connectivity index (χ1n) is 11.2. The third-order valence-electron chi connectivity index (χ3n) is 7.55. The molecule has 2 fully saturated rings. The summed E-state index contributed by atoms with van der Waals surface area (Å²) < 4.78 is 47.3. The van der Waals surface area contributed by atoms with E-state index in [1.54, 1.807) is 5.32 Å². The van der Waals surface area contributed by atoms with Crippen LogP contribution < -0.4 is 5.32 Å². The highest BCUT2D eigenvalue weighted by molar-refractivity contribution is 5.92. The molecule has 1 saturated carbocycles. The van der Waals surface area contributed by atoms with Gasteiger partial charge in [-0.2, -0.15) is 13.2 Å². The third kappa shape index (κ3) is 3.54. The number of fused-ring (bicyclic) bond motifs is 4. The van der Waals surface area contributed by atoms with Gasteiger partial charge in [-0.1, -0.05) is 48.5 Å².